The number of nitrogens with zero attached hydrogens (tertiary/aromatic N) is 1. The summed E-state index contributed by atoms with van der Waals surface area (Å²) in [6.07, 6.45) is 0.892. The molecule has 1 N–H and O–H groups in total. The highest BCUT2D eigenvalue weighted by Crippen LogP contribution is 2.30. The molecule has 0 saturated heterocycles. The van der Waals surface area contributed by atoms with Crippen molar-refractivity contribution in [1.82, 2.24) is 4.90 Å². The molecule has 2 aromatic rings. The lowest BCUT2D eigenvalue weighted by molar-refractivity contribution is 0.244. The quantitative estimate of drug-likeness (QED) is 0.625. The van der Waals surface area contributed by atoms with Crippen molar-refractivity contribution in [3.8, 4) is 11.5 Å². The standard InChI is InChI=1S/C16H21NO4.ClH/c1-3-17(4-2)8-5-9-20-15-10-12-6-7-16(19)21-14(12)11-13(15)18;/h6-7,10-11,18H,3-5,8-9H2,1-2H3;1H. The topological polar surface area (TPSA) is 62.9 Å². The SMILES string of the molecule is CCN(CC)CCCOc1cc2ccc(=O)oc2cc1O.Cl. The monoisotopic (exact) mass is 327 g/mol. The van der Waals surface area contributed by atoms with Gasteiger partial charge >= 0.3 is 5.63 Å². The summed E-state index contributed by atoms with van der Waals surface area (Å²) >= 11 is 0. The lowest BCUT2D eigenvalue weighted by Gasteiger charge is -2.17. The molecule has 1 aromatic heterocycles. The van der Waals surface area contributed by atoms with Gasteiger partial charge in [0.05, 0.1) is 6.61 Å². The maximum Gasteiger partial charge on any atom is 0.336 e. The van der Waals surface area contributed by atoms with Crippen molar-refractivity contribution >= 4 is 23.4 Å². The molecule has 0 bridgehead atoms. The molecule has 2 rings (SSSR count). The van der Waals surface area contributed by atoms with Crippen LogP contribution in [0.15, 0.2) is 33.5 Å². The Labute approximate surface area is 135 Å². The van der Waals surface area contributed by atoms with Crippen LogP contribution < -0.4 is 10.4 Å². The summed E-state index contributed by atoms with van der Waals surface area (Å²) in [5.41, 5.74) is -0.0784. The van der Waals surface area contributed by atoms with Crippen LogP contribution in [0.5, 0.6) is 11.5 Å². The van der Waals surface area contributed by atoms with E-state index in [4.69, 9.17) is 9.15 Å². The molecule has 0 aliphatic heterocycles. The van der Waals surface area contributed by atoms with Gasteiger partial charge in [-0.05, 0) is 31.6 Å². The molecule has 6 heteroatoms. The fraction of sp³-hybridized carbons (Fsp3) is 0.438. The molecule has 0 atom stereocenters. The van der Waals surface area contributed by atoms with Crippen molar-refractivity contribution in [3.05, 3.63) is 34.7 Å². The average Bonchev–Trinajstić information content (AvgIpc) is 2.48. The van der Waals surface area contributed by atoms with Crippen LogP contribution in [-0.4, -0.2) is 36.2 Å². The zero-order chi connectivity index (χ0) is 15.2. The van der Waals surface area contributed by atoms with E-state index in [0.29, 0.717) is 17.9 Å². The van der Waals surface area contributed by atoms with Crippen LogP contribution in [0.4, 0.5) is 0 Å². The minimum atomic E-state index is -0.435. The summed E-state index contributed by atoms with van der Waals surface area (Å²) in [6.45, 7) is 7.82. The van der Waals surface area contributed by atoms with Crippen molar-refractivity contribution in [1.29, 1.82) is 0 Å². The maximum absolute atomic E-state index is 11.1. The Morgan fingerprint density at radius 1 is 1.23 bits per heavy atom. The number of aromatic hydroxyl groups is 1. The smallest absolute Gasteiger partial charge is 0.336 e. The third kappa shape index (κ3) is 4.64. The Morgan fingerprint density at radius 3 is 2.64 bits per heavy atom. The van der Waals surface area contributed by atoms with E-state index < -0.39 is 5.63 Å². The largest absolute Gasteiger partial charge is 0.504 e. The number of benzene rings is 1. The number of phenolic OH excluding ortho intramolecular Hbond substituents is 1. The van der Waals surface area contributed by atoms with Crippen molar-refractivity contribution < 1.29 is 14.3 Å². The first kappa shape index (κ1) is 18.3. The molecule has 0 saturated carbocycles. The predicted molar refractivity (Wildman–Crippen MR) is 89.3 cm³/mol. The molecule has 0 unspecified atom stereocenters. The van der Waals surface area contributed by atoms with Crippen LogP contribution >= 0.6 is 12.4 Å². The molecule has 0 radical (unpaired) electrons. The normalized spacial score (nSPS) is 10.7. The zero-order valence-electron chi connectivity index (χ0n) is 12.9. The summed E-state index contributed by atoms with van der Waals surface area (Å²) < 4.78 is 10.6. The van der Waals surface area contributed by atoms with Gasteiger partial charge in [0.25, 0.3) is 0 Å². The second-order valence-electron chi connectivity index (χ2n) is 4.84. The fourth-order valence-electron chi connectivity index (χ4n) is 2.21. The van der Waals surface area contributed by atoms with Gasteiger partial charge in [-0.25, -0.2) is 4.79 Å². The first-order valence-electron chi connectivity index (χ1n) is 7.26. The number of hydrogen-bond acceptors (Lipinski definition) is 5. The van der Waals surface area contributed by atoms with E-state index in [2.05, 4.69) is 18.7 Å². The van der Waals surface area contributed by atoms with Gasteiger partial charge in [0.2, 0.25) is 0 Å². The third-order valence-electron chi connectivity index (χ3n) is 3.47. The van der Waals surface area contributed by atoms with Crippen molar-refractivity contribution in [2.45, 2.75) is 20.3 Å². The van der Waals surface area contributed by atoms with Crippen molar-refractivity contribution in [3.63, 3.8) is 0 Å². The van der Waals surface area contributed by atoms with Crippen LogP contribution in [0.25, 0.3) is 11.0 Å². The molecule has 0 aliphatic carbocycles. The van der Waals surface area contributed by atoms with Gasteiger partial charge in [-0.2, -0.15) is 0 Å². The first-order chi connectivity index (χ1) is 10.1. The first-order valence-corrected chi connectivity index (χ1v) is 7.26. The number of hydrogen-bond donors (Lipinski definition) is 1. The molecule has 1 aromatic carbocycles. The van der Waals surface area contributed by atoms with E-state index in [-0.39, 0.29) is 18.2 Å². The molecule has 122 valence electrons. The van der Waals surface area contributed by atoms with Gasteiger partial charge in [-0.3, -0.25) is 0 Å². The summed E-state index contributed by atoms with van der Waals surface area (Å²) in [6, 6.07) is 6.11. The van der Waals surface area contributed by atoms with Gasteiger partial charge in [-0.15, -0.1) is 12.4 Å². The van der Waals surface area contributed by atoms with E-state index in [1.54, 1.807) is 12.1 Å². The lowest BCUT2D eigenvalue weighted by atomic mass is 10.2. The molecule has 0 fully saturated rings. The lowest BCUT2D eigenvalue weighted by Crippen LogP contribution is -2.25. The average molecular weight is 328 g/mol. The highest BCUT2D eigenvalue weighted by atomic mass is 35.5. The Balaban J connectivity index is 0.00000242. The minimum absolute atomic E-state index is 0. The van der Waals surface area contributed by atoms with E-state index >= 15 is 0 Å². The molecular formula is C16H22ClNO4. The minimum Gasteiger partial charge on any atom is -0.504 e. The van der Waals surface area contributed by atoms with Gasteiger partial charge in [0, 0.05) is 24.1 Å². The molecule has 1 heterocycles. The Morgan fingerprint density at radius 2 is 1.95 bits per heavy atom. The molecule has 0 aliphatic rings. The third-order valence-corrected chi connectivity index (χ3v) is 3.47. The summed E-state index contributed by atoms with van der Waals surface area (Å²) in [5.74, 6) is 0.399. The summed E-state index contributed by atoms with van der Waals surface area (Å²) in [7, 11) is 0. The van der Waals surface area contributed by atoms with Gasteiger partial charge in [0.15, 0.2) is 11.5 Å². The van der Waals surface area contributed by atoms with Crippen LogP contribution in [0.1, 0.15) is 20.3 Å². The van der Waals surface area contributed by atoms with E-state index in [0.717, 1.165) is 31.4 Å². The van der Waals surface area contributed by atoms with Crippen LogP contribution in [0, 0.1) is 0 Å². The van der Waals surface area contributed by atoms with Gasteiger partial charge in [0.1, 0.15) is 5.58 Å². The number of rotatable bonds is 7. The van der Waals surface area contributed by atoms with Crippen LogP contribution in [-0.2, 0) is 0 Å². The van der Waals surface area contributed by atoms with Crippen molar-refractivity contribution in [2.24, 2.45) is 0 Å². The molecule has 22 heavy (non-hydrogen) atoms. The highest BCUT2D eigenvalue weighted by Gasteiger charge is 2.07. The summed E-state index contributed by atoms with van der Waals surface area (Å²) in [4.78, 5) is 13.4. The Bertz CT molecular complexity index is 652. The molecule has 0 spiro atoms. The molecular weight excluding hydrogens is 306 g/mol. The van der Waals surface area contributed by atoms with Crippen LogP contribution in [0.3, 0.4) is 0 Å². The predicted octanol–water partition coefficient (Wildman–Crippen LogP) is 3.03. The van der Waals surface area contributed by atoms with E-state index in [9.17, 15) is 9.90 Å². The fourth-order valence-corrected chi connectivity index (χ4v) is 2.21. The highest BCUT2D eigenvalue weighted by molar-refractivity contribution is 5.85. The molecule has 0 amide bonds. The number of ether oxygens (including phenoxy) is 1. The zero-order valence-corrected chi connectivity index (χ0v) is 13.7. The Kier molecular flexibility index (Phi) is 7.21. The second kappa shape index (κ2) is 8.66. The van der Waals surface area contributed by atoms with Crippen molar-refractivity contribution in [2.75, 3.05) is 26.2 Å². The maximum atomic E-state index is 11.1. The Hall–Kier alpha value is -1.72. The molecule has 5 nitrogen and oxygen atoms in total. The number of fused-ring (bicyclic) bond motifs is 1. The number of halogens is 1. The van der Waals surface area contributed by atoms with Crippen LogP contribution in [0.2, 0.25) is 0 Å². The van der Waals surface area contributed by atoms with E-state index in [1.165, 1.54) is 12.1 Å². The second-order valence-corrected chi connectivity index (χ2v) is 4.84. The van der Waals surface area contributed by atoms with Gasteiger partial charge in [-0.1, -0.05) is 13.8 Å². The van der Waals surface area contributed by atoms with Gasteiger partial charge < -0.3 is 19.2 Å². The van der Waals surface area contributed by atoms with E-state index in [1.807, 2.05) is 0 Å². The summed E-state index contributed by atoms with van der Waals surface area (Å²) in [5, 5.41) is 10.6. The number of phenols is 1.